The zero-order chi connectivity index (χ0) is 9.97. The van der Waals surface area contributed by atoms with Gasteiger partial charge in [-0.2, -0.15) is 11.3 Å². The highest BCUT2D eigenvalue weighted by atomic mass is 35.5. The van der Waals surface area contributed by atoms with Crippen LogP contribution in [0.4, 0.5) is 11.4 Å². The van der Waals surface area contributed by atoms with Crippen LogP contribution in [0.3, 0.4) is 0 Å². The van der Waals surface area contributed by atoms with Gasteiger partial charge >= 0.3 is 0 Å². The third-order valence-corrected chi connectivity index (χ3v) is 3.01. The molecular formula is C11H10ClNS. The molecule has 0 saturated heterocycles. The molecule has 14 heavy (non-hydrogen) atoms. The Bertz CT molecular complexity index is 403. The van der Waals surface area contributed by atoms with Gasteiger partial charge in [-0.25, -0.2) is 0 Å². The summed E-state index contributed by atoms with van der Waals surface area (Å²) in [6, 6.07) is 7.92. The van der Waals surface area contributed by atoms with E-state index in [0.717, 1.165) is 22.0 Å². The topological polar surface area (TPSA) is 12.0 Å². The quantitative estimate of drug-likeness (QED) is 0.793. The number of hydrogen-bond donors (Lipinski definition) is 1. The van der Waals surface area contributed by atoms with Crippen LogP contribution >= 0.6 is 22.9 Å². The molecule has 2 aromatic rings. The smallest absolute Gasteiger partial charge is 0.0643 e. The van der Waals surface area contributed by atoms with Crippen molar-refractivity contribution in [3.8, 4) is 0 Å². The lowest BCUT2D eigenvalue weighted by Gasteiger charge is -2.09. The number of hydrogen-bond acceptors (Lipinski definition) is 2. The second kappa shape index (κ2) is 4.03. The molecule has 0 unspecified atom stereocenters. The largest absolute Gasteiger partial charge is 0.353 e. The lowest BCUT2D eigenvalue weighted by molar-refractivity contribution is 1.44. The van der Waals surface area contributed by atoms with Crippen LogP contribution in [0.25, 0.3) is 0 Å². The summed E-state index contributed by atoms with van der Waals surface area (Å²) in [5, 5.41) is 8.15. The summed E-state index contributed by atoms with van der Waals surface area (Å²) in [4.78, 5) is 0. The number of para-hydroxylation sites is 1. The highest BCUT2D eigenvalue weighted by molar-refractivity contribution is 7.08. The second-order valence-corrected chi connectivity index (χ2v) is 4.26. The summed E-state index contributed by atoms with van der Waals surface area (Å²) >= 11 is 7.75. The Morgan fingerprint density at radius 1 is 1.29 bits per heavy atom. The minimum atomic E-state index is 0.760. The summed E-state index contributed by atoms with van der Waals surface area (Å²) in [7, 11) is 0. The standard InChI is InChI=1S/C11H10ClNS/c1-8-3-2-4-10(12)11(8)13-9-5-6-14-7-9/h2-7,13H,1H3. The molecule has 0 aliphatic carbocycles. The van der Waals surface area contributed by atoms with Crippen molar-refractivity contribution < 1.29 is 0 Å². The SMILES string of the molecule is Cc1cccc(Cl)c1Nc1ccsc1. The molecule has 0 radical (unpaired) electrons. The summed E-state index contributed by atoms with van der Waals surface area (Å²) in [5.74, 6) is 0. The van der Waals surface area contributed by atoms with Crippen LogP contribution in [0.1, 0.15) is 5.56 Å². The Labute approximate surface area is 92.3 Å². The third-order valence-electron chi connectivity index (χ3n) is 2.01. The lowest BCUT2D eigenvalue weighted by Crippen LogP contribution is -1.92. The highest BCUT2D eigenvalue weighted by Gasteiger charge is 2.03. The van der Waals surface area contributed by atoms with Crippen molar-refractivity contribution in [1.29, 1.82) is 0 Å². The van der Waals surface area contributed by atoms with E-state index in [0.29, 0.717) is 0 Å². The Morgan fingerprint density at radius 3 is 2.79 bits per heavy atom. The van der Waals surface area contributed by atoms with Crippen LogP contribution in [0.15, 0.2) is 35.0 Å². The Kier molecular flexibility index (Phi) is 2.75. The highest BCUT2D eigenvalue weighted by Crippen LogP contribution is 2.29. The van der Waals surface area contributed by atoms with E-state index < -0.39 is 0 Å². The number of benzene rings is 1. The van der Waals surface area contributed by atoms with Crippen molar-refractivity contribution in [1.82, 2.24) is 0 Å². The number of nitrogens with one attached hydrogen (secondary N) is 1. The molecule has 3 heteroatoms. The van der Waals surface area contributed by atoms with Gasteiger partial charge in [0.15, 0.2) is 0 Å². The molecule has 1 nitrogen and oxygen atoms in total. The van der Waals surface area contributed by atoms with Crippen molar-refractivity contribution in [2.75, 3.05) is 5.32 Å². The van der Waals surface area contributed by atoms with E-state index >= 15 is 0 Å². The third kappa shape index (κ3) is 1.91. The van der Waals surface area contributed by atoms with Crippen LogP contribution in [0.2, 0.25) is 5.02 Å². The molecule has 0 bridgehead atoms. The molecule has 0 spiro atoms. The molecule has 1 aromatic heterocycles. The van der Waals surface area contributed by atoms with Gasteiger partial charge < -0.3 is 5.32 Å². The molecule has 0 fully saturated rings. The average Bonchev–Trinajstić information content (AvgIpc) is 2.64. The summed E-state index contributed by atoms with van der Waals surface area (Å²) in [6.45, 7) is 2.04. The van der Waals surface area contributed by atoms with E-state index in [1.165, 1.54) is 0 Å². The molecule has 1 N–H and O–H groups in total. The van der Waals surface area contributed by atoms with Crippen LogP contribution < -0.4 is 5.32 Å². The van der Waals surface area contributed by atoms with Gasteiger partial charge in [-0.3, -0.25) is 0 Å². The average molecular weight is 224 g/mol. The Morgan fingerprint density at radius 2 is 2.14 bits per heavy atom. The first-order chi connectivity index (χ1) is 6.77. The van der Waals surface area contributed by atoms with Gasteiger partial charge in [0.2, 0.25) is 0 Å². The zero-order valence-corrected chi connectivity index (χ0v) is 9.32. The van der Waals surface area contributed by atoms with E-state index in [2.05, 4.69) is 10.7 Å². The Balaban J connectivity index is 2.33. The normalized spacial score (nSPS) is 10.1. The van der Waals surface area contributed by atoms with Crippen LogP contribution in [-0.4, -0.2) is 0 Å². The minimum Gasteiger partial charge on any atom is -0.353 e. The van der Waals surface area contributed by atoms with Gasteiger partial charge in [-0.1, -0.05) is 23.7 Å². The predicted molar refractivity (Wildman–Crippen MR) is 63.8 cm³/mol. The van der Waals surface area contributed by atoms with Gasteiger partial charge in [0.25, 0.3) is 0 Å². The van der Waals surface area contributed by atoms with Crippen molar-refractivity contribution >= 4 is 34.3 Å². The molecule has 0 aliphatic heterocycles. The van der Waals surface area contributed by atoms with Gasteiger partial charge in [0.1, 0.15) is 0 Å². The molecule has 0 aliphatic rings. The van der Waals surface area contributed by atoms with Gasteiger partial charge in [-0.05, 0) is 30.0 Å². The fourth-order valence-corrected chi connectivity index (χ4v) is 2.13. The maximum Gasteiger partial charge on any atom is 0.0643 e. The minimum absolute atomic E-state index is 0.760. The molecule has 0 atom stereocenters. The summed E-state index contributed by atoms with van der Waals surface area (Å²) in [5.41, 5.74) is 3.24. The van der Waals surface area contributed by atoms with E-state index in [-0.39, 0.29) is 0 Å². The van der Waals surface area contributed by atoms with Crippen LogP contribution in [-0.2, 0) is 0 Å². The van der Waals surface area contributed by atoms with Crippen molar-refractivity contribution in [3.63, 3.8) is 0 Å². The fraction of sp³-hybridized carbons (Fsp3) is 0.0909. The van der Waals surface area contributed by atoms with Crippen molar-refractivity contribution in [2.45, 2.75) is 6.92 Å². The van der Waals surface area contributed by atoms with E-state index in [1.807, 2.05) is 36.6 Å². The number of anilines is 2. The maximum absolute atomic E-state index is 6.09. The molecule has 0 amide bonds. The monoisotopic (exact) mass is 223 g/mol. The van der Waals surface area contributed by atoms with Gasteiger partial charge in [-0.15, -0.1) is 0 Å². The zero-order valence-electron chi connectivity index (χ0n) is 7.75. The number of rotatable bonds is 2. The van der Waals surface area contributed by atoms with E-state index in [1.54, 1.807) is 11.3 Å². The van der Waals surface area contributed by atoms with Gasteiger partial charge in [0.05, 0.1) is 10.7 Å². The summed E-state index contributed by atoms with van der Waals surface area (Å²) in [6.07, 6.45) is 0. The second-order valence-electron chi connectivity index (χ2n) is 3.07. The molecule has 72 valence electrons. The maximum atomic E-state index is 6.09. The van der Waals surface area contributed by atoms with Crippen LogP contribution in [0, 0.1) is 6.92 Å². The first-order valence-electron chi connectivity index (χ1n) is 4.32. The van der Waals surface area contributed by atoms with Gasteiger partial charge in [0, 0.05) is 11.1 Å². The first kappa shape index (κ1) is 9.56. The predicted octanol–water partition coefficient (Wildman–Crippen LogP) is 4.45. The fourth-order valence-electron chi connectivity index (χ4n) is 1.27. The molecule has 2 rings (SSSR count). The number of halogens is 1. The molecule has 1 heterocycles. The van der Waals surface area contributed by atoms with Crippen molar-refractivity contribution in [2.24, 2.45) is 0 Å². The molecule has 1 aromatic carbocycles. The first-order valence-corrected chi connectivity index (χ1v) is 5.64. The van der Waals surface area contributed by atoms with E-state index in [4.69, 9.17) is 11.6 Å². The van der Waals surface area contributed by atoms with Crippen LogP contribution in [0.5, 0.6) is 0 Å². The molecular weight excluding hydrogens is 214 g/mol. The van der Waals surface area contributed by atoms with E-state index in [9.17, 15) is 0 Å². The lowest BCUT2D eigenvalue weighted by atomic mass is 10.2. The number of thiophene rings is 1. The number of aryl methyl sites for hydroxylation is 1. The molecule has 0 saturated carbocycles. The van der Waals surface area contributed by atoms with Crippen molar-refractivity contribution in [3.05, 3.63) is 45.6 Å². The Hall–Kier alpha value is -0.990. The summed E-state index contributed by atoms with van der Waals surface area (Å²) < 4.78 is 0.